The highest BCUT2D eigenvalue weighted by atomic mass is 79.9. The van der Waals surface area contributed by atoms with Crippen LogP contribution in [0.3, 0.4) is 0 Å². The minimum absolute atomic E-state index is 0.337. The van der Waals surface area contributed by atoms with E-state index in [0.717, 1.165) is 11.0 Å². The molecule has 94 valence electrons. The van der Waals surface area contributed by atoms with E-state index >= 15 is 0 Å². The Morgan fingerprint density at radius 1 is 1.28 bits per heavy atom. The molecule has 0 aliphatic carbocycles. The molecule has 18 heavy (non-hydrogen) atoms. The van der Waals surface area contributed by atoms with Gasteiger partial charge in [-0.15, -0.1) is 0 Å². The normalized spacial score (nSPS) is 12.4. The van der Waals surface area contributed by atoms with Crippen LogP contribution in [0, 0.1) is 6.92 Å². The maximum atomic E-state index is 4.16. The van der Waals surface area contributed by atoms with Gasteiger partial charge in [0.2, 0.25) is 0 Å². The number of nitrogens with one attached hydrogen (secondary N) is 1. The van der Waals surface area contributed by atoms with Gasteiger partial charge in [0.25, 0.3) is 0 Å². The predicted molar refractivity (Wildman–Crippen MR) is 78.4 cm³/mol. The van der Waals surface area contributed by atoms with Crippen molar-refractivity contribution in [1.29, 1.82) is 0 Å². The van der Waals surface area contributed by atoms with Gasteiger partial charge < -0.3 is 5.32 Å². The molecule has 0 bridgehead atoms. The second-order valence-corrected chi connectivity index (χ2v) is 5.44. The van der Waals surface area contributed by atoms with E-state index in [1.807, 2.05) is 6.20 Å². The fourth-order valence-electron chi connectivity index (χ4n) is 1.88. The average Bonchev–Trinajstić information content (AvgIpc) is 2.36. The van der Waals surface area contributed by atoms with Crippen LogP contribution in [0.5, 0.6) is 0 Å². The Bertz CT molecular complexity index is 525. The van der Waals surface area contributed by atoms with Crippen molar-refractivity contribution in [3.8, 4) is 0 Å². The van der Waals surface area contributed by atoms with Crippen LogP contribution in [0.15, 0.2) is 47.2 Å². The number of hydrogen-bond donors (Lipinski definition) is 1. The van der Waals surface area contributed by atoms with Crippen molar-refractivity contribution >= 4 is 15.9 Å². The van der Waals surface area contributed by atoms with E-state index < -0.39 is 0 Å². The highest BCUT2D eigenvalue weighted by Crippen LogP contribution is 2.15. The molecule has 1 aromatic heterocycles. The summed E-state index contributed by atoms with van der Waals surface area (Å²) in [4.78, 5) is 4.16. The van der Waals surface area contributed by atoms with Gasteiger partial charge in [-0.25, -0.2) is 0 Å². The molecular formula is C15H17BrN2. The molecule has 1 aromatic carbocycles. The third-order valence-corrected chi connectivity index (χ3v) is 3.35. The standard InChI is InChI=1S/C15H17BrN2/c1-11-4-3-5-14(6-11)12(2)18-9-13-7-15(16)10-17-8-13/h3-8,10,12,18H,9H2,1-2H3/t12-/m0/s1. The van der Waals surface area contributed by atoms with Gasteiger partial charge in [0, 0.05) is 29.5 Å². The summed E-state index contributed by atoms with van der Waals surface area (Å²) in [6.45, 7) is 5.12. The van der Waals surface area contributed by atoms with E-state index in [-0.39, 0.29) is 0 Å². The second kappa shape index (κ2) is 6.12. The largest absolute Gasteiger partial charge is 0.306 e. The summed E-state index contributed by atoms with van der Waals surface area (Å²) >= 11 is 3.43. The van der Waals surface area contributed by atoms with Crippen LogP contribution in [0.2, 0.25) is 0 Å². The number of benzene rings is 1. The van der Waals surface area contributed by atoms with Gasteiger partial charge in [-0.1, -0.05) is 29.8 Å². The van der Waals surface area contributed by atoms with Crippen molar-refractivity contribution in [1.82, 2.24) is 10.3 Å². The van der Waals surface area contributed by atoms with Crippen molar-refractivity contribution in [3.63, 3.8) is 0 Å². The van der Waals surface area contributed by atoms with Gasteiger partial charge in [0.15, 0.2) is 0 Å². The van der Waals surface area contributed by atoms with Crippen LogP contribution >= 0.6 is 15.9 Å². The van der Waals surface area contributed by atoms with E-state index in [0.29, 0.717) is 6.04 Å². The van der Waals surface area contributed by atoms with E-state index in [4.69, 9.17) is 0 Å². The zero-order valence-electron chi connectivity index (χ0n) is 10.7. The molecule has 1 N–H and O–H groups in total. The summed E-state index contributed by atoms with van der Waals surface area (Å²) in [5, 5.41) is 3.51. The minimum Gasteiger partial charge on any atom is -0.306 e. The first-order valence-corrected chi connectivity index (χ1v) is 6.84. The minimum atomic E-state index is 0.337. The molecule has 2 nitrogen and oxygen atoms in total. The molecule has 0 unspecified atom stereocenters. The molecule has 0 amide bonds. The Morgan fingerprint density at radius 2 is 2.11 bits per heavy atom. The van der Waals surface area contributed by atoms with Crippen molar-refractivity contribution in [2.75, 3.05) is 0 Å². The van der Waals surface area contributed by atoms with Crippen molar-refractivity contribution in [2.24, 2.45) is 0 Å². The zero-order chi connectivity index (χ0) is 13.0. The number of rotatable bonds is 4. The molecule has 0 aliphatic heterocycles. The predicted octanol–water partition coefficient (Wildman–Crippen LogP) is 4.00. The molecule has 2 aromatic rings. The topological polar surface area (TPSA) is 24.9 Å². The SMILES string of the molecule is Cc1cccc([C@H](C)NCc2cncc(Br)c2)c1. The van der Waals surface area contributed by atoms with E-state index in [9.17, 15) is 0 Å². The average molecular weight is 305 g/mol. The lowest BCUT2D eigenvalue weighted by atomic mass is 10.1. The van der Waals surface area contributed by atoms with Crippen LogP contribution in [0.4, 0.5) is 0 Å². The Balaban J connectivity index is 1.98. The number of hydrogen-bond acceptors (Lipinski definition) is 2. The summed E-state index contributed by atoms with van der Waals surface area (Å²) in [6.07, 6.45) is 3.69. The molecule has 1 atom stereocenters. The Labute approximate surface area is 117 Å². The lowest BCUT2D eigenvalue weighted by molar-refractivity contribution is 0.573. The van der Waals surface area contributed by atoms with Crippen molar-refractivity contribution < 1.29 is 0 Å². The summed E-state index contributed by atoms with van der Waals surface area (Å²) in [6, 6.07) is 11.0. The van der Waals surface area contributed by atoms with Crippen LogP contribution < -0.4 is 5.32 Å². The van der Waals surface area contributed by atoms with Gasteiger partial charge >= 0.3 is 0 Å². The molecule has 1 heterocycles. The zero-order valence-corrected chi connectivity index (χ0v) is 12.2. The number of aromatic nitrogens is 1. The van der Waals surface area contributed by atoms with Gasteiger partial charge in [-0.2, -0.15) is 0 Å². The lowest BCUT2D eigenvalue weighted by Gasteiger charge is -2.14. The van der Waals surface area contributed by atoms with E-state index in [1.165, 1.54) is 16.7 Å². The number of halogens is 1. The maximum absolute atomic E-state index is 4.16. The highest BCUT2D eigenvalue weighted by Gasteiger charge is 2.05. The van der Waals surface area contributed by atoms with Crippen LogP contribution in [-0.4, -0.2) is 4.98 Å². The van der Waals surface area contributed by atoms with Crippen LogP contribution in [-0.2, 0) is 6.54 Å². The third-order valence-electron chi connectivity index (χ3n) is 2.92. The van der Waals surface area contributed by atoms with Crippen LogP contribution in [0.25, 0.3) is 0 Å². The quantitative estimate of drug-likeness (QED) is 0.923. The van der Waals surface area contributed by atoms with Crippen molar-refractivity contribution in [3.05, 3.63) is 63.9 Å². The van der Waals surface area contributed by atoms with Gasteiger partial charge in [0.05, 0.1) is 0 Å². The molecule has 0 fully saturated rings. The third kappa shape index (κ3) is 3.65. The number of aryl methyl sites for hydroxylation is 1. The first-order valence-electron chi connectivity index (χ1n) is 6.04. The lowest BCUT2D eigenvalue weighted by Crippen LogP contribution is -2.18. The summed E-state index contributed by atoms with van der Waals surface area (Å²) in [5.41, 5.74) is 3.80. The monoisotopic (exact) mass is 304 g/mol. The molecule has 0 spiro atoms. The fourth-order valence-corrected chi connectivity index (χ4v) is 2.29. The molecule has 3 heteroatoms. The van der Waals surface area contributed by atoms with Crippen LogP contribution in [0.1, 0.15) is 29.7 Å². The molecule has 0 aliphatic rings. The molecule has 0 saturated carbocycles. The fraction of sp³-hybridized carbons (Fsp3) is 0.267. The molecular weight excluding hydrogens is 288 g/mol. The smallest absolute Gasteiger partial charge is 0.0410 e. The Kier molecular flexibility index (Phi) is 4.50. The summed E-state index contributed by atoms with van der Waals surface area (Å²) in [7, 11) is 0. The van der Waals surface area contributed by atoms with Gasteiger partial charge in [-0.3, -0.25) is 4.98 Å². The summed E-state index contributed by atoms with van der Waals surface area (Å²) < 4.78 is 1.02. The maximum Gasteiger partial charge on any atom is 0.0410 e. The number of pyridine rings is 1. The number of nitrogens with zero attached hydrogens (tertiary/aromatic N) is 1. The first kappa shape index (κ1) is 13.2. The van der Waals surface area contributed by atoms with Crippen molar-refractivity contribution in [2.45, 2.75) is 26.4 Å². The van der Waals surface area contributed by atoms with Gasteiger partial charge in [-0.05, 0) is 47.0 Å². The molecule has 0 radical (unpaired) electrons. The Morgan fingerprint density at radius 3 is 2.83 bits per heavy atom. The Hall–Kier alpha value is -1.19. The first-order chi connectivity index (χ1) is 8.65. The highest BCUT2D eigenvalue weighted by molar-refractivity contribution is 9.10. The van der Waals surface area contributed by atoms with E-state index in [1.54, 1.807) is 6.20 Å². The molecule has 0 saturated heterocycles. The summed E-state index contributed by atoms with van der Waals surface area (Å²) in [5.74, 6) is 0. The second-order valence-electron chi connectivity index (χ2n) is 4.53. The molecule has 2 rings (SSSR count). The van der Waals surface area contributed by atoms with Gasteiger partial charge in [0.1, 0.15) is 0 Å². The van der Waals surface area contributed by atoms with E-state index in [2.05, 4.69) is 70.4 Å².